The molecule has 0 bridgehead atoms. The molecule has 1 N–H and O–H groups in total. The van der Waals surface area contributed by atoms with Gasteiger partial charge in [0.15, 0.2) is 0 Å². The summed E-state index contributed by atoms with van der Waals surface area (Å²) in [7, 11) is 1.81. The summed E-state index contributed by atoms with van der Waals surface area (Å²) in [6, 6.07) is 2.71. The van der Waals surface area contributed by atoms with Crippen LogP contribution >= 0.6 is 27.3 Å². The van der Waals surface area contributed by atoms with Gasteiger partial charge in [0, 0.05) is 19.7 Å². The molecule has 0 aliphatic heterocycles. The normalized spacial score (nSPS) is 26.0. The maximum absolute atomic E-state index is 5.45. The molecular formula is C11H16BrNOS. The van der Waals surface area contributed by atoms with E-state index in [0.717, 1.165) is 6.54 Å². The van der Waals surface area contributed by atoms with Gasteiger partial charge in [-0.1, -0.05) is 0 Å². The molecule has 1 heterocycles. The van der Waals surface area contributed by atoms with Gasteiger partial charge in [-0.3, -0.25) is 0 Å². The highest BCUT2D eigenvalue weighted by molar-refractivity contribution is 9.11. The molecule has 4 heteroatoms. The highest BCUT2D eigenvalue weighted by atomic mass is 79.9. The molecule has 1 saturated carbocycles. The highest BCUT2D eigenvalue weighted by Gasteiger charge is 2.26. The first-order chi connectivity index (χ1) is 7.29. The molecule has 2 atom stereocenters. The molecule has 2 unspecified atom stereocenters. The van der Waals surface area contributed by atoms with E-state index in [4.69, 9.17) is 4.74 Å². The summed E-state index contributed by atoms with van der Waals surface area (Å²) in [6.07, 6.45) is 4.13. The monoisotopic (exact) mass is 289 g/mol. The molecule has 1 fully saturated rings. The average molecular weight is 290 g/mol. The van der Waals surface area contributed by atoms with Crippen molar-refractivity contribution in [3.05, 3.63) is 20.8 Å². The third kappa shape index (κ3) is 3.03. The predicted octanol–water partition coefficient (Wildman–Crippen LogP) is 3.17. The van der Waals surface area contributed by atoms with Crippen molar-refractivity contribution in [3.63, 3.8) is 0 Å². The van der Waals surface area contributed by atoms with Gasteiger partial charge in [0.05, 0.1) is 9.89 Å². The zero-order chi connectivity index (χ0) is 10.7. The number of ether oxygens (including phenoxy) is 1. The van der Waals surface area contributed by atoms with Crippen molar-refractivity contribution in [2.24, 2.45) is 0 Å². The lowest BCUT2D eigenvalue weighted by molar-refractivity contribution is 0.0847. The van der Waals surface area contributed by atoms with Crippen molar-refractivity contribution in [1.82, 2.24) is 5.32 Å². The summed E-state index contributed by atoms with van der Waals surface area (Å²) in [5.74, 6) is 0. The van der Waals surface area contributed by atoms with Crippen molar-refractivity contribution < 1.29 is 4.74 Å². The van der Waals surface area contributed by atoms with Crippen molar-refractivity contribution in [1.29, 1.82) is 0 Å². The fraction of sp³-hybridized carbons (Fsp3) is 0.636. The summed E-state index contributed by atoms with van der Waals surface area (Å²) in [6.45, 7) is 0.951. The Labute approximate surface area is 103 Å². The van der Waals surface area contributed by atoms with Crippen LogP contribution in [-0.2, 0) is 11.3 Å². The topological polar surface area (TPSA) is 21.3 Å². The Balaban J connectivity index is 1.82. The lowest BCUT2D eigenvalue weighted by atomic mass is 10.2. The molecule has 2 nitrogen and oxygen atoms in total. The maximum atomic E-state index is 5.45. The quantitative estimate of drug-likeness (QED) is 0.919. The number of halogens is 1. The van der Waals surface area contributed by atoms with Crippen molar-refractivity contribution in [2.75, 3.05) is 7.11 Å². The summed E-state index contributed by atoms with van der Waals surface area (Å²) < 4.78 is 6.65. The predicted molar refractivity (Wildman–Crippen MR) is 67.3 cm³/mol. The Morgan fingerprint density at radius 1 is 1.60 bits per heavy atom. The van der Waals surface area contributed by atoms with Gasteiger partial charge in [-0.2, -0.15) is 0 Å². The van der Waals surface area contributed by atoms with E-state index in [1.165, 1.54) is 28.6 Å². The maximum Gasteiger partial charge on any atom is 0.0724 e. The van der Waals surface area contributed by atoms with Crippen LogP contribution in [0.2, 0.25) is 0 Å². The summed E-state index contributed by atoms with van der Waals surface area (Å²) in [4.78, 5) is 0. The Hall–Kier alpha value is 0.100. The van der Waals surface area contributed by atoms with Gasteiger partial charge in [0.25, 0.3) is 0 Å². The van der Waals surface area contributed by atoms with Crippen LogP contribution < -0.4 is 5.32 Å². The number of thiophene rings is 1. The molecular weight excluding hydrogens is 274 g/mol. The molecule has 0 spiro atoms. The van der Waals surface area contributed by atoms with E-state index >= 15 is 0 Å². The Morgan fingerprint density at radius 2 is 2.47 bits per heavy atom. The van der Waals surface area contributed by atoms with E-state index in [9.17, 15) is 0 Å². The van der Waals surface area contributed by atoms with E-state index in [0.29, 0.717) is 12.1 Å². The molecule has 1 aliphatic rings. The summed E-state index contributed by atoms with van der Waals surface area (Å²) in [5, 5.41) is 5.76. The fourth-order valence-electron chi connectivity index (χ4n) is 2.13. The molecule has 84 valence electrons. The second-order valence-corrected chi connectivity index (χ2v) is 6.24. The first-order valence-corrected chi connectivity index (χ1v) is 6.96. The second-order valence-electron chi connectivity index (χ2n) is 3.95. The van der Waals surface area contributed by atoms with Crippen LogP contribution in [-0.4, -0.2) is 19.3 Å². The van der Waals surface area contributed by atoms with Crippen LogP contribution in [0.25, 0.3) is 0 Å². The van der Waals surface area contributed by atoms with Gasteiger partial charge in [-0.25, -0.2) is 0 Å². The van der Waals surface area contributed by atoms with E-state index in [1.54, 1.807) is 11.3 Å². The summed E-state index contributed by atoms with van der Waals surface area (Å²) in [5.41, 5.74) is 1.36. The molecule has 0 aromatic carbocycles. The van der Waals surface area contributed by atoms with Crippen molar-refractivity contribution in [3.8, 4) is 0 Å². The minimum Gasteiger partial charge on any atom is -0.380 e. The van der Waals surface area contributed by atoms with Gasteiger partial charge in [-0.15, -0.1) is 11.3 Å². The van der Waals surface area contributed by atoms with Crippen LogP contribution in [0.1, 0.15) is 24.8 Å². The largest absolute Gasteiger partial charge is 0.380 e. The van der Waals surface area contributed by atoms with E-state index in [1.807, 2.05) is 7.11 Å². The van der Waals surface area contributed by atoms with Crippen LogP contribution in [0.5, 0.6) is 0 Å². The van der Waals surface area contributed by atoms with Gasteiger partial charge in [-0.05, 0) is 52.2 Å². The van der Waals surface area contributed by atoms with Gasteiger partial charge >= 0.3 is 0 Å². The third-order valence-electron chi connectivity index (χ3n) is 2.95. The lowest BCUT2D eigenvalue weighted by Gasteiger charge is -2.19. The van der Waals surface area contributed by atoms with Crippen LogP contribution in [0, 0.1) is 0 Å². The minimum absolute atomic E-state index is 0.409. The van der Waals surface area contributed by atoms with E-state index < -0.39 is 0 Å². The zero-order valence-electron chi connectivity index (χ0n) is 8.83. The summed E-state index contributed by atoms with van der Waals surface area (Å²) >= 11 is 5.22. The molecule has 1 aromatic heterocycles. The minimum atomic E-state index is 0.409. The molecule has 15 heavy (non-hydrogen) atoms. The lowest BCUT2D eigenvalue weighted by Crippen LogP contribution is -2.36. The van der Waals surface area contributed by atoms with E-state index in [-0.39, 0.29) is 0 Å². The standard InChI is InChI=1S/C11H16BrNOS/c1-14-10-4-2-3-9(10)13-6-8-5-11(12)15-7-8/h5,7,9-10,13H,2-4,6H2,1H3. The van der Waals surface area contributed by atoms with Crippen LogP contribution in [0.15, 0.2) is 15.2 Å². The zero-order valence-corrected chi connectivity index (χ0v) is 11.2. The third-order valence-corrected chi connectivity index (χ3v) is 4.50. The van der Waals surface area contributed by atoms with Crippen LogP contribution in [0.3, 0.4) is 0 Å². The SMILES string of the molecule is COC1CCCC1NCc1csc(Br)c1. The van der Waals surface area contributed by atoms with Gasteiger partial charge in [0.1, 0.15) is 0 Å². The number of methoxy groups -OCH3 is 1. The number of hydrogen-bond donors (Lipinski definition) is 1. The second kappa shape index (κ2) is 5.43. The van der Waals surface area contributed by atoms with Crippen molar-refractivity contribution >= 4 is 27.3 Å². The fourth-order valence-corrected chi connectivity index (χ4v) is 3.34. The molecule has 0 amide bonds. The molecule has 1 aromatic rings. The first-order valence-electron chi connectivity index (χ1n) is 5.28. The average Bonchev–Trinajstić information content (AvgIpc) is 2.83. The van der Waals surface area contributed by atoms with Gasteiger partial charge < -0.3 is 10.1 Å². The smallest absolute Gasteiger partial charge is 0.0724 e. The van der Waals surface area contributed by atoms with Crippen LogP contribution in [0.4, 0.5) is 0 Å². The molecule has 0 saturated heterocycles. The number of hydrogen-bond acceptors (Lipinski definition) is 3. The first kappa shape index (κ1) is 11.6. The molecule has 0 radical (unpaired) electrons. The highest BCUT2D eigenvalue weighted by Crippen LogP contribution is 2.23. The van der Waals surface area contributed by atoms with E-state index in [2.05, 4.69) is 32.7 Å². The molecule has 1 aliphatic carbocycles. The Bertz CT molecular complexity index is 315. The number of rotatable bonds is 4. The van der Waals surface area contributed by atoms with Gasteiger partial charge in [0.2, 0.25) is 0 Å². The Kier molecular flexibility index (Phi) is 4.20. The Morgan fingerprint density at radius 3 is 3.13 bits per heavy atom. The molecule has 2 rings (SSSR count). The van der Waals surface area contributed by atoms with Crippen molar-refractivity contribution in [2.45, 2.75) is 38.0 Å². The number of nitrogens with one attached hydrogen (secondary N) is 1.